The van der Waals surface area contributed by atoms with Crippen LogP contribution in [0.5, 0.6) is 0 Å². The van der Waals surface area contributed by atoms with Crippen molar-refractivity contribution in [3.05, 3.63) is 88.1 Å². The Bertz CT molecular complexity index is 888. The first kappa shape index (κ1) is 19.8. The van der Waals surface area contributed by atoms with Gasteiger partial charge in [0.1, 0.15) is 0 Å². The molecule has 1 atom stereocenters. The van der Waals surface area contributed by atoms with Crippen molar-refractivity contribution < 1.29 is 4.79 Å². The van der Waals surface area contributed by atoms with E-state index in [1.165, 1.54) is 36.4 Å². The minimum atomic E-state index is -0.0326. The van der Waals surface area contributed by atoms with Crippen molar-refractivity contribution in [2.45, 2.75) is 25.4 Å². The zero-order valence-corrected chi connectivity index (χ0v) is 17.3. The minimum absolute atomic E-state index is 0.0183. The summed E-state index contributed by atoms with van der Waals surface area (Å²) in [6.45, 7) is 3.64. The van der Waals surface area contributed by atoms with E-state index in [2.05, 4.69) is 51.2 Å². The Kier molecular flexibility index (Phi) is 6.72. The zero-order valence-electron chi connectivity index (χ0n) is 16.5. The predicted molar refractivity (Wildman–Crippen MR) is 120 cm³/mol. The van der Waals surface area contributed by atoms with Crippen LogP contribution in [0.2, 0.25) is 0 Å². The second-order valence-electron chi connectivity index (χ2n) is 7.47. The molecule has 1 aliphatic heterocycles. The Balaban J connectivity index is 1.32. The number of likely N-dealkylation sites (tertiary alicyclic amines) is 1. The Morgan fingerprint density at radius 2 is 1.72 bits per heavy atom. The van der Waals surface area contributed by atoms with Crippen LogP contribution < -0.4 is 10.6 Å². The van der Waals surface area contributed by atoms with Crippen molar-refractivity contribution in [3.63, 3.8) is 0 Å². The molecule has 29 heavy (non-hydrogen) atoms. The third-order valence-electron chi connectivity index (χ3n) is 5.27. The van der Waals surface area contributed by atoms with Crippen LogP contribution in [0.25, 0.3) is 0 Å². The van der Waals surface area contributed by atoms with Gasteiger partial charge in [-0.15, -0.1) is 11.3 Å². The zero-order chi connectivity index (χ0) is 19.9. The number of thiophene rings is 1. The van der Waals surface area contributed by atoms with Gasteiger partial charge >= 0.3 is 0 Å². The summed E-state index contributed by atoms with van der Waals surface area (Å²) < 4.78 is 0. The van der Waals surface area contributed by atoms with Crippen LogP contribution in [0.3, 0.4) is 0 Å². The Morgan fingerprint density at radius 3 is 2.41 bits per heavy atom. The van der Waals surface area contributed by atoms with Gasteiger partial charge in [0.05, 0.1) is 12.6 Å². The summed E-state index contributed by atoms with van der Waals surface area (Å²) in [5, 5.41) is 8.48. The molecule has 1 amide bonds. The smallest absolute Gasteiger partial charge is 0.238 e. The van der Waals surface area contributed by atoms with Crippen LogP contribution >= 0.6 is 11.3 Å². The van der Waals surface area contributed by atoms with Gasteiger partial charge in [-0.25, -0.2) is 0 Å². The van der Waals surface area contributed by atoms with Gasteiger partial charge in [-0.2, -0.15) is 0 Å². The molecular formula is C24H27N3OS. The number of anilines is 1. The lowest BCUT2D eigenvalue weighted by Crippen LogP contribution is -2.31. The summed E-state index contributed by atoms with van der Waals surface area (Å²) in [5.41, 5.74) is 3.30. The van der Waals surface area contributed by atoms with Gasteiger partial charge in [-0.3, -0.25) is 15.0 Å². The standard InChI is InChI=1S/C24H27N3OS/c28-23(26-21-12-10-19(11-13-21)18-27-14-4-5-15-27)17-25-24(22-9-6-16-29-22)20-7-2-1-3-8-20/h1-3,6-13,16,24-25H,4-5,14-15,17-18H2,(H,26,28)/t24-/m0/s1. The molecule has 4 nitrogen and oxygen atoms in total. The molecule has 0 unspecified atom stereocenters. The van der Waals surface area contributed by atoms with Crippen molar-refractivity contribution in [1.29, 1.82) is 0 Å². The number of hydrogen-bond acceptors (Lipinski definition) is 4. The maximum atomic E-state index is 12.5. The van der Waals surface area contributed by atoms with E-state index in [0.29, 0.717) is 0 Å². The normalized spacial score (nSPS) is 15.3. The first-order chi connectivity index (χ1) is 14.3. The minimum Gasteiger partial charge on any atom is -0.325 e. The van der Waals surface area contributed by atoms with Gasteiger partial charge in [-0.05, 0) is 60.6 Å². The molecule has 0 spiro atoms. The topological polar surface area (TPSA) is 44.4 Å². The molecule has 0 saturated carbocycles. The van der Waals surface area contributed by atoms with Crippen molar-refractivity contribution in [2.75, 3.05) is 25.0 Å². The van der Waals surface area contributed by atoms with Gasteiger partial charge in [-0.1, -0.05) is 48.5 Å². The molecule has 0 aliphatic carbocycles. The number of rotatable bonds is 8. The van der Waals surface area contributed by atoms with Crippen LogP contribution in [0, 0.1) is 0 Å². The van der Waals surface area contributed by atoms with Crippen LogP contribution in [0.1, 0.15) is 34.9 Å². The SMILES string of the molecule is O=C(CN[C@@H](c1ccccc1)c1cccs1)Nc1ccc(CN2CCCC2)cc1. The van der Waals surface area contributed by atoms with E-state index in [0.717, 1.165) is 17.8 Å². The van der Waals surface area contributed by atoms with Crippen LogP contribution in [-0.4, -0.2) is 30.4 Å². The van der Waals surface area contributed by atoms with Gasteiger partial charge in [0.25, 0.3) is 0 Å². The van der Waals surface area contributed by atoms with Crippen LogP contribution in [0.15, 0.2) is 72.1 Å². The van der Waals surface area contributed by atoms with E-state index in [-0.39, 0.29) is 18.5 Å². The number of hydrogen-bond donors (Lipinski definition) is 2. The van der Waals surface area contributed by atoms with Crippen LogP contribution in [0.4, 0.5) is 5.69 Å². The van der Waals surface area contributed by atoms with Crippen molar-refractivity contribution in [2.24, 2.45) is 0 Å². The predicted octanol–water partition coefficient (Wildman–Crippen LogP) is 4.66. The molecule has 1 fully saturated rings. The third-order valence-corrected chi connectivity index (χ3v) is 6.21. The number of amides is 1. The second kappa shape index (κ2) is 9.83. The maximum Gasteiger partial charge on any atom is 0.238 e. The van der Waals surface area contributed by atoms with Crippen LogP contribution in [-0.2, 0) is 11.3 Å². The van der Waals surface area contributed by atoms with Gasteiger partial charge in [0, 0.05) is 17.1 Å². The molecular weight excluding hydrogens is 378 g/mol. The average molecular weight is 406 g/mol. The molecule has 1 aliphatic rings. The van der Waals surface area contributed by atoms with Crippen molar-refractivity contribution in [3.8, 4) is 0 Å². The van der Waals surface area contributed by atoms with Gasteiger partial charge in [0.15, 0.2) is 0 Å². The lowest BCUT2D eigenvalue weighted by molar-refractivity contribution is -0.115. The Hall–Kier alpha value is -2.47. The molecule has 1 saturated heterocycles. The second-order valence-corrected chi connectivity index (χ2v) is 8.45. The van der Waals surface area contributed by atoms with Gasteiger partial charge in [0.2, 0.25) is 5.91 Å². The fourth-order valence-electron chi connectivity index (χ4n) is 3.78. The molecule has 150 valence electrons. The van der Waals surface area contributed by atoms with E-state index in [1.807, 2.05) is 36.4 Å². The number of carbonyl (C=O) groups is 1. The van der Waals surface area contributed by atoms with Gasteiger partial charge < -0.3 is 5.32 Å². The highest BCUT2D eigenvalue weighted by atomic mass is 32.1. The highest BCUT2D eigenvalue weighted by Crippen LogP contribution is 2.25. The number of carbonyl (C=O) groups excluding carboxylic acids is 1. The Morgan fingerprint density at radius 1 is 0.966 bits per heavy atom. The quantitative estimate of drug-likeness (QED) is 0.573. The molecule has 0 radical (unpaired) electrons. The first-order valence-corrected chi connectivity index (χ1v) is 11.1. The summed E-state index contributed by atoms with van der Waals surface area (Å²) >= 11 is 1.70. The van der Waals surface area contributed by atoms with E-state index in [1.54, 1.807) is 11.3 Å². The molecule has 2 N–H and O–H groups in total. The molecule has 4 rings (SSSR count). The molecule has 2 aromatic carbocycles. The molecule has 0 bridgehead atoms. The van der Waals surface area contributed by atoms with E-state index >= 15 is 0 Å². The largest absolute Gasteiger partial charge is 0.325 e. The first-order valence-electron chi connectivity index (χ1n) is 10.2. The number of nitrogens with one attached hydrogen (secondary N) is 2. The third kappa shape index (κ3) is 5.54. The highest BCUT2D eigenvalue weighted by molar-refractivity contribution is 7.10. The summed E-state index contributed by atoms with van der Waals surface area (Å²) in [5.74, 6) is -0.0326. The fraction of sp³-hybridized carbons (Fsp3) is 0.292. The average Bonchev–Trinajstić information content (AvgIpc) is 3.45. The molecule has 2 heterocycles. The number of benzene rings is 2. The molecule has 5 heteroatoms. The fourth-order valence-corrected chi connectivity index (χ4v) is 4.60. The molecule has 3 aromatic rings. The Labute approximate surface area is 176 Å². The lowest BCUT2D eigenvalue weighted by atomic mass is 10.1. The lowest BCUT2D eigenvalue weighted by Gasteiger charge is -2.18. The maximum absolute atomic E-state index is 12.5. The summed E-state index contributed by atoms with van der Waals surface area (Å²) in [7, 11) is 0. The van der Waals surface area contributed by atoms with Crippen molar-refractivity contribution >= 4 is 22.9 Å². The van der Waals surface area contributed by atoms with E-state index < -0.39 is 0 Å². The summed E-state index contributed by atoms with van der Waals surface area (Å²) in [6, 6.07) is 22.6. The molecule has 1 aromatic heterocycles. The van der Waals surface area contributed by atoms with E-state index in [9.17, 15) is 4.79 Å². The number of nitrogens with zero attached hydrogens (tertiary/aromatic N) is 1. The summed E-state index contributed by atoms with van der Waals surface area (Å²) in [4.78, 5) is 16.2. The van der Waals surface area contributed by atoms with E-state index in [4.69, 9.17) is 0 Å². The monoisotopic (exact) mass is 405 g/mol. The summed E-state index contributed by atoms with van der Waals surface area (Å²) in [6.07, 6.45) is 2.60. The van der Waals surface area contributed by atoms with Crippen molar-refractivity contribution in [1.82, 2.24) is 10.2 Å². The highest BCUT2D eigenvalue weighted by Gasteiger charge is 2.16.